The van der Waals surface area contributed by atoms with E-state index in [-0.39, 0.29) is 12.1 Å². The van der Waals surface area contributed by atoms with Crippen molar-refractivity contribution in [3.05, 3.63) is 69.6 Å². The highest BCUT2D eigenvalue weighted by molar-refractivity contribution is 5.68. The van der Waals surface area contributed by atoms with Crippen molar-refractivity contribution in [1.82, 2.24) is 29.2 Å². The lowest BCUT2D eigenvalue weighted by atomic mass is 9.98. The lowest BCUT2D eigenvalue weighted by molar-refractivity contribution is 0.364. The van der Waals surface area contributed by atoms with Gasteiger partial charge in [0, 0.05) is 13.0 Å². The summed E-state index contributed by atoms with van der Waals surface area (Å²) in [6, 6.07) is 6.53. The van der Waals surface area contributed by atoms with Crippen molar-refractivity contribution in [1.29, 1.82) is 0 Å². The van der Waals surface area contributed by atoms with Gasteiger partial charge in [-0.2, -0.15) is 4.98 Å². The van der Waals surface area contributed by atoms with Crippen LogP contribution in [0.25, 0.3) is 11.2 Å². The molecule has 8 heteroatoms. The van der Waals surface area contributed by atoms with E-state index >= 15 is 0 Å². The number of aryl methyl sites for hydroxylation is 2. The van der Waals surface area contributed by atoms with Crippen molar-refractivity contribution in [3.63, 3.8) is 0 Å². The van der Waals surface area contributed by atoms with Crippen LogP contribution in [0, 0.1) is 12.8 Å². The molecule has 3 heterocycles. The number of aromatic nitrogens is 6. The van der Waals surface area contributed by atoms with Crippen LogP contribution in [0.5, 0.6) is 0 Å². The molecule has 0 bridgehead atoms. The van der Waals surface area contributed by atoms with Crippen molar-refractivity contribution in [2.24, 2.45) is 13.0 Å². The summed E-state index contributed by atoms with van der Waals surface area (Å²) in [5.41, 5.74) is 5.02. The molecular formula is C20H18N6O2. The molecule has 2 aliphatic carbocycles. The Labute approximate surface area is 159 Å². The molecule has 0 unspecified atom stereocenters. The van der Waals surface area contributed by atoms with E-state index in [2.05, 4.69) is 45.2 Å². The fraction of sp³-hybridized carbons (Fsp3) is 0.350. The predicted octanol–water partition coefficient (Wildman–Crippen LogP) is 1.92. The Bertz CT molecular complexity index is 1300. The molecule has 28 heavy (non-hydrogen) atoms. The Morgan fingerprint density at radius 1 is 1.21 bits per heavy atom. The average Bonchev–Trinajstić information content (AvgIpc) is 3.04. The van der Waals surface area contributed by atoms with E-state index in [0.717, 1.165) is 12.2 Å². The number of imidazole rings is 1. The minimum absolute atomic E-state index is 0.169. The lowest BCUT2D eigenvalue weighted by Gasteiger charge is -2.08. The van der Waals surface area contributed by atoms with Crippen LogP contribution >= 0.6 is 0 Å². The summed E-state index contributed by atoms with van der Waals surface area (Å²) in [7, 11) is 1.78. The summed E-state index contributed by atoms with van der Waals surface area (Å²) in [6.45, 7) is 2.38. The van der Waals surface area contributed by atoms with Gasteiger partial charge in [0.05, 0.1) is 6.33 Å². The van der Waals surface area contributed by atoms with E-state index in [0.29, 0.717) is 34.8 Å². The second-order valence-corrected chi connectivity index (χ2v) is 7.81. The van der Waals surface area contributed by atoms with Crippen molar-refractivity contribution in [2.45, 2.75) is 31.7 Å². The van der Waals surface area contributed by atoms with Gasteiger partial charge in [0.25, 0.3) is 5.56 Å². The third-order valence-corrected chi connectivity index (χ3v) is 6.20. The first kappa shape index (κ1) is 15.7. The molecule has 0 radical (unpaired) electrons. The molecule has 1 aromatic carbocycles. The molecule has 0 N–H and O–H groups in total. The number of rotatable bonds is 3. The summed E-state index contributed by atoms with van der Waals surface area (Å²) in [5.74, 6) is 2.56. The normalized spacial score (nSPS) is 22.4. The zero-order valence-corrected chi connectivity index (χ0v) is 15.5. The van der Waals surface area contributed by atoms with E-state index in [4.69, 9.17) is 4.52 Å². The van der Waals surface area contributed by atoms with Crippen LogP contribution < -0.4 is 5.56 Å². The van der Waals surface area contributed by atoms with Crippen molar-refractivity contribution in [2.75, 3.05) is 0 Å². The predicted molar refractivity (Wildman–Crippen MR) is 100 cm³/mol. The number of hydrogen-bond donors (Lipinski definition) is 0. The lowest BCUT2D eigenvalue weighted by Crippen LogP contribution is -2.22. The van der Waals surface area contributed by atoms with E-state index in [1.807, 2.05) is 0 Å². The first-order chi connectivity index (χ1) is 13.6. The van der Waals surface area contributed by atoms with E-state index in [9.17, 15) is 4.79 Å². The van der Waals surface area contributed by atoms with Gasteiger partial charge in [-0.25, -0.2) is 9.97 Å². The molecule has 0 aliphatic heterocycles. The van der Waals surface area contributed by atoms with Crippen LogP contribution in [0.1, 0.15) is 40.2 Å². The zero-order chi connectivity index (χ0) is 19.0. The van der Waals surface area contributed by atoms with Gasteiger partial charge in [-0.1, -0.05) is 23.4 Å². The highest BCUT2D eigenvalue weighted by atomic mass is 16.5. The fourth-order valence-corrected chi connectivity index (χ4v) is 4.75. The molecule has 0 amide bonds. The van der Waals surface area contributed by atoms with Crippen molar-refractivity contribution in [3.8, 4) is 0 Å². The molecule has 1 saturated carbocycles. The minimum Gasteiger partial charge on any atom is -0.337 e. The molecule has 1 fully saturated rings. The Kier molecular flexibility index (Phi) is 3.02. The number of fused-ring (bicyclic) bond motifs is 4. The molecule has 4 aromatic rings. The first-order valence-corrected chi connectivity index (χ1v) is 9.39. The molecule has 6 rings (SSSR count). The molecule has 2 aliphatic rings. The van der Waals surface area contributed by atoms with Crippen LogP contribution in [0.3, 0.4) is 0 Å². The third-order valence-electron chi connectivity index (χ3n) is 6.20. The van der Waals surface area contributed by atoms with Gasteiger partial charge >= 0.3 is 0 Å². The van der Waals surface area contributed by atoms with Gasteiger partial charge in [-0.15, -0.1) is 0 Å². The van der Waals surface area contributed by atoms with Gasteiger partial charge in [-0.05, 0) is 41.9 Å². The topological polar surface area (TPSA) is 91.6 Å². The highest BCUT2D eigenvalue weighted by Crippen LogP contribution is 2.66. The van der Waals surface area contributed by atoms with Crippen LogP contribution in [-0.2, 0) is 20.0 Å². The maximum Gasteiger partial charge on any atom is 0.280 e. The Balaban J connectivity index is 1.28. The summed E-state index contributed by atoms with van der Waals surface area (Å²) in [4.78, 5) is 25.6. The molecule has 0 spiro atoms. The molecule has 3 atom stereocenters. The van der Waals surface area contributed by atoms with E-state index in [1.54, 1.807) is 17.9 Å². The fourth-order valence-electron chi connectivity index (χ4n) is 4.75. The number of hydrogen-bond acceptors (Lipinski definition) is 6. The Morgan fingerprint density at radius 3 is 2.96 bits per heavy atom. The standard InChI is InChI=1S/C20H18N6O2/c1-10-4-3-5-11-12(10)6-13-15(11)16(13)18-23-14(28-24-18)7-26-9-22-19-17(20(26)27)25(2)8-21-19/h3-5,8-9,13,15-16H,6-7H2,1-2H3/t13-,15+,16+/m1/s1. The maximum absolute atomic E-state index is 12.7. The van der Waals surface area contributed by atoms with Gasteiger partial charge in [-0.3, -0.25) is 9.36 Å². The molecule has 140 valence electrons. The Hall–Kier alpha value is -3.29. The van der Waals surface area contributed by atoms with Crippen molar-refractivity contribution < 1.29 is 4.52 Å². The largest absolute Gasteiger partial charge is 0.337 e. The highest BCUT2D eigenvalue weighted by Gasteiger charge is 2.58. The summed E-state index contributed by atoms with van der Waals surface area (Å²) >= 11 is 0. The van der Waals surface area contributed by atoms with Gasteiger partial charge in [0.1, 0.15) is 12.9 Å². The summed E-state index contributed by atoms with van der Waals surface area (Å²) in [6.07, 6.45) is 4.15. The van der Waals surface area contributed by atoms with Gasteiger partial charge in [0.15, 0.2) is 17.0 Å². The van der Waals surface area contributed by atoms with Gasteiger partial charge < -0.3 is 9.09 Å². The van der Waals surface area contributed by atoms with Gasteiger partial charge in [0.2, 0.25) is 5.89 Å². The third kappa shape index (κ3) is 2.08. The minimum atomic E-state index is -0.169. The maximum atomic E-state index is 12.7. The SMILES string of the molecule is Cc1cccc2c1C[C@H]1[C@H](c3noc(Cn4cnc5ncn(C)c5c4=O)n3)[C@@H]21. The van der Waals surface area contributed by atoms with E-state index < -0.39 is 0 Å². The molecule has 3 aromatic heterocycles. The Morgan fingerprint density at radius 2 is 2.07 bits per heavy atom. The van der Waals surface area contributed by atoms with Crippen molar-refractivity contribution >= 4 is 11.2 Å². The summed E-state index contributed by atoms with van der Waals surface area (Å²) < 4.78 is 8.61. The van der Waals surface area contributed by atoms with E-state index in [1.165, 1.54) is 27.6 Å². The van der Waals surface area contributed by atoms with Crippen LogP contribution in [-0.4, -0.2) is 29.2 Å². The second kappa shape index (κ2) is 5.37. The number of nitrogens with zero attached hydrogens (tertiary/aromatic N) is 6. The van der Waals surface area contributed by atoms with Crippen LogP contribution in [0.4, 0.5) is 0 Å². The van der Waals surface area contributed by atoms with Crippen LogP contribution in [0.15, 0.2) is 40.2 Å². The average molecular weight is 374 g/mol. The summed E-state index contributed by atoms with van der Waals surface area (Å²) in [5, 5.41) is 4.21. The first-order valence-electron chi connectivity index (χ1n) is 9.39. The molecule has 0 saturated heterocycles. The quantitative estimate of drug-likeness (QED) is 0.544. The molecular weight excluding hydrogens is 356 g/mol. The molecule has 8 nitrogen and oxygen atoms in total. The second-order valence-electron chi connectivity index (χ2n) is 7.81. The van der Waals surface area contributed by atoms with Crippen LogP contribution in [0.2, 0.25) is 0 Å². The smallest absolute Gasteiger partial charge is 0.280 e. The number of benzene rings is 1. The monoisotopic (exact) mass is 374 g/mol. The zero-order valence-electron chi connectivity index (χ0n) is 15.5.